The predicted octanol–water partition coefficient (Wildman–Crippen LogP) is 4.51. The Balaban J connectivity index is 2.49. The topological polar surface area (TPSA) is 61.0 Å². The van der Waals surface area contributed by atoms with Gasteiger partial charge in [0, 0.05) is 16.5 Å². The van der Waals surface area contributed by atoms with Crippen molar-refractivity contribution in [1.82, 2.24) is 0 Å². The van der Waals surface area contributed by atoms with Crippen molar-refractivity contribution in [2.75, 3.05) is 14.2 Å². The fraction of sp³-hybridized carbons (Fsp3) is 0.125. The van der Waals surface area contributed by atoms with Crippen molar-refractivity contribution >= 4 is 16.5 Å². The molecule has 0 bridgehead atoms. The monoisotopic (exact) mass is 283 g/mol. The summed E-state index contributed by atoms with van der Waals surface area (Å²) in [5.41, 5.74) is 2.02. The van der Waals surface area contributed by atoms with E-state index in [0.29, 0.717) is 22.6 Å². The number of rotatable bonds is 4. The van der Waals surface area contributed by atoms with E-state index in [1.807, 2.05) is 12.1 Å². The maximum absolute atomic E-state index is 11.0. The average Bonchev–Trinajstić information content (AvgIpc) is 3.06. The van der Waals surface area contributed by atoms with Crippen molar-refractivity contribution < 1.29 is 13.9 Å². The minimum absolute atomic E-state index is 0.359. The lowest BCUT2D eigenvalue weighted by molar-refractivity contribution is 0.357. The summed E-state index contributed by atoms with van der Waals surface area (Å²) in [5.74, 6) is 1.13. The van der Waals surface area contributed by atoms with Gasteiger partial charge in [-0.2, -0.15) is 0 Å². The summed E-state index contributed by atoms with van der Waals surface area (Å²) < 4.78 is 16.0. The summed E-state index contributed by atoms with van der Waals surface area (Å²) in [6.07, 6.45) is 3.21. The molecule has 0 atom stereocenters. The molecule has 3 rings (SSSR count). The molecule has 5 nitrogen and oxygen atoms in total. The van der Waals surface area contributed by atoms with Crippen LogP contribution in [0.1, 0.15) is 0 Å². The van der Waals surface area contributed by atoms with E-state index in [-0.39, 0.29) is 0 Å². The van der Waals surface area contributed by atoms with Crippen molar-refractivity contribution in [2.24, 2.45) is 5.18 Å². The molecule has 0 unspecified atom stereocenters. The quantitative estimate of drug-likeness (QED) is 0.661. The van der Waals surface area contributed by atoms with Gasteiger partial charge in [-0.25, -0.2) is 0 Å². The average molecular weight is 283 g/mol. The molecular formula is C16H13NO4. The summed E-state index contributed by atoms with van der Waals surface area (Å²) in [6, 6.07) is 8.95. The van der Waals surface area contributed by atoms with E-state index < -0.39 is 0 Å². The highest BCUT2D eigenvalue weighted by molar-refractivity contribution is 6.06. The molecule has 0 amide bonds. The lowest BCUT2D eigenvalue weighted by atomic mass is 9.97. The summed E-state index contributed by atoms with van der Waals surface area (Å²) in [5, 5.41) is 4.64. The zero-order chi connectivity index (χ0) is 14.8. The smallest absolute Gasteiger partial charge is 0.169 e. The molecule has 0 N–H and O–H groups in total. The highest BCUT2D eigenvalue weighted by Crippen LogP contribution is 2.46. The predicted molar refractivity (Wildman–Crippen MR) is 80.2 cm³/mol. The molecule has 0 radical (unpaired) electrons. The van der Waals surface area contributed by atoms with E-state index in [1.165, 1.54) is 0 Å². The van der Waals surface area contributed by atoms with Crippen molar-refractivity contribution in [3.8, 4) is 22.6 Å². The van der Waals surface area contributed by atoms with Crippen LogP contribution in [0.5, 0.6) is 11.5 Å². The standard InChI is InChI=1S/C16H13NO4/c1-19-14-8-12-11(4-3-5-13(12)17-18)15(16(14)20-2)10-6-7-21-9-10/h3-9H,1-2H3. The maximum atomic E-state index is 11.0. The zero-order valence-electron chi connectivity index (χ0n) is 11.6. The molecule has 1 aromatic heterocycles. The van der Waals surface area contributed by atoms with Gasteiger partial charge in [0.25, 0.3) is 0 Å². The van der Waals surface area contributed by atoms with E-state index in [1.54, 1.807) is 44.9 Å². The molecule has 0 aliphatic rings. The fourth-order valence-corrected chi connectivity index (χ4v) is 2.49. The van der Waals surface area contributed by atoms with E-state index >= 15 is 0 Å². The number of furan rings is 1. The molecule has 0 saturated heterocycles. The Bertz CT molecular complexity index is 794. The van der Waals surface area contributed by atoms with Crippen LogP contribution in [0.25, 0.3) is 21.9 Å². The molecule has 0 aliphatic heterocycles. The highest BCUT2D eigenvalue weighted by atomic mass is 16.5. The molecule has 106 valence electrons. The minimum atomic E-state index is 0.359. The van der Waals surface area contributed by atoms with Crippen LogP contribution >= 0.6 is 0 Å². The first-order valence-corrected chi connectivity index (χ1v) is 6.33. The van der Waals surface area contributed by atoms with Gasteiger partial charge >= 0.3 is 0 Å². The van der Waals surface area contributed by atoms with Gasteiger partial charge in [0.05, 0.1) is 26.7 Å². The van der Waals surface area contributed by atoms with Gasteiger partial charge in [0.1, 0.15) is 5.69 Å². The number of benzene rings is 2. The molecule has 1 heterocycles. The molecule has 0 fully saturated rings. The lowest BCUT2D eigenvalue weighted by Gasteiger charge is -2.15. The van der Waals surface area contributed by atoms with E-state index in [0.717, 1.165) is 16.5 Å². The van der Waals surface area contributed by atoms with E-state index in [4.69, 9.17) is 13.9 Å². The van der Waals surface area contributed by atoms with Gasteiger partial charge in [0.15, 0.2) is 11.5 Å². The Labute approximate surface area is 121 Å². The van der Waals surface area contributed by atoms with Gasteiger partial charge in [0.2, 0.25) is 0 Å². The summed E-state index contributed by atoms with van der Waals surface area (Å²) in [4.78, 5) is 11.0. The third-order valence-electron chi connectivity index (χ3n) is 3.41. The normalized spacial score (nSPS) is 10.6. The molecule has 0 aliphatic carbocycles. The Kier molecular flexibility index (Phi) is 3.31. The van der Waals surface area contributed by atoms with Gasteiger partial charge in [-0.3, -0.25) is 0 Å². The third-order valence-corrected chi connectivity index (χ3v) is 3.41. The van der Waals surface area contributed by atoms with Crippen LogP contribution < -0.4 is 9.47 Å². The van der Waals surface area contributed by atoms with Crippen LogP contribution in [0, 0.1) is 4.91 Å². The second-order valence-corrected chi connectivity index (χ2v) is 4.46. The van der Waals surface area contributed by atoms with Crippen molar-refractivity contribution in [1.29, 1.82) is 0 Å². The highest BCUT2D eigenvalue weighted by Gasteiger charge is 2.19. The SMILES string of the molecule is COc1cc2c(N=O)cccc2c(-c2ccoc2)c1OC. The van der Waals surface area contributed by atoms with Gasteiger partial charge in [-0.05, 0) is 28.8 Å². The Morgan fingerprint density at radius 3 is 2.57 bits per heavy atom. The van der Waals surface area contributed by atoms with E-state index in [9.17, 15) is 4.91 Å². The van der Waals surface area contributed by atoms with Crippen molar-refractivity contribution in [2.45, 2.75) is 0 Å². The number of nitrogens with zero attached hydrogens (tertiary/aromatic N) is 1. The van der Waals surface area contributed by atoms with Crippen molar-refractivity contribution in [3.63, 3.8) is 0 Å². The van der Waals surface area contributed by atoms with Crippen LogP contribution in [0.4, 0.5) is 5.69 Å². The first-order chi connectivity index (χ1) is 10.3. The number of hydrogen-bond acceptors (Lipinski definition) is 5. The zero-order valence-corrected chi connectivity index (χ0v) is 11.6. The first-order valence-electron chi connectivity index (χ1n) is 6.33. The van der Waals surface area contributed by atoms with Crippen LogP contribution in [0.15, 0.2) is 52.5 Å². The van der Waals surface area contributed by atoms with Crippen molar-refractivity contribution in [3.05, 3.63) is 47.8 Å². The maximum Gasteiger partial charge on any atom is 0.169 e. The Morgan fingerprint density at radius 2 is 1.95 bits per heavy atom. The molecule has 3 aromatic rings. The number of nitroso groups, excluding NO2 is 1. The first kappa shape index (κ1) is 13.2. The molecule has 0 spiro atoms. The van der Waals surface area contributed by atoms with Gasteiger partial charge in [-0.15, -0.1) is 4.91 Å². The number of ether oxygens (including phenoxy) is 2. The molecule has 21 heavy (non-hydrogen) atoms. The summed E-state index contributed by atoms with van der Waals surface area (Å²) >= 11 is 0. The second kappa shape index (κ2) is 5.28. The third kappa shape index (κ3) is 2.03. The number of fused-ring (bicyclic) bond motifs is 1. The lowest BCUT2D eigenvalue weighted by Crippen LogP contribution is -1.94. The van der Waals surface area contributed by atoms with Crippen LogP contribution in [0.3, 0.4) is 0 Å². The summed E-state index contributed by atoms with van der Waals surface area (Å²) in [7, 11) is 3.13. The Hall–Kier alpha value is -2.82. The molecular weight excluding hydrogens is 270 g/mol. The van der Waals surface area contributed by atoms with E-state index in [2.05, 4.69) is 5.18 Å². The number of methoxy groups -OCH3 is 2. The summed E-state index contributed by atoms with van der Waals surface area (Å²) in [6.45, 7) is 0. The van der Waals surface area contributed by atoms with Crippen LogP contribution in [0.2, 0.25) is 0 Å². The van der Waals surface area contributed by atoms with Crippen LogP contribution in [-0.2, 0) is 0 Å². The molecule has 5 heteroatoms. The Morgan fingerprint density at radius 1 is 1.10 bits per heavy atom. The number of hydrogen-bond donors (Lipinski definition) is 0. The van der Waals surface area contributed by atoms with Gasteiger partial charge < -0.3 is 13.9 Å². The molecule has 2 aromatic carbocycles. The second-order valence-electron chi connectivity index (χ2n) is 4.46. The fourth-order valence-electron chi connectivity index (χ4n) is 2.49. The molecule has 0 saturated carbocycles. The van der Waals surface area contributed by atoms with Gasteiger partial charge in [-0.1, -0.05) is 12.1 Å². The van der Waals surface area contributed by atoms with Crippen LogP contribution in [-0.4, -0.2) is 14.2 Å². The largest absolute Gasteiger partial charge is 0.493 e. The minimum Gasteiger partial charge on any atom is -0.493 e.